The van der Waals surface area contributed by atoms with Crippen LogP contribution in [0.1, 0.15) is 26.7 Å². The largest absolute Gasteiger partial charge is 0.379 e. The van der Waals surface area contributed by atoms with Gasteiger partial charge in [-0.05, 0) is 5.92 Å². The van der Waals surface area contributed by atoms with Crippen molar-refractivity contribution in [1.29, 1.82) is 0 Å². The number of hydrogen-bond donors (Lipinski definition) is 0. The topological polar surface area (TPSA) is 62.3 Å². The number of carbonyl (C=O) groups excluding carboxylic acids is 2. The van der Waals surface area contributed by atoms with E-state index in [1.807, 2.05) is 15.9 Å². The molecule has 0 N–H and O–H groups in total. The Labute approximate surface area is 173 Å². The minimum Gasteiger partial charge on any atom is -0.379 e. The van der Waals surface area contributed by atoms with Gasteiger partial charge in [-0.1, -0.05) is 38.8 Å². The van der Waals surface area contributed by atoms with E-state index in [1.165, 1.54) is 0 Å². The van der Waals surface area contributed by atoms with E-state index in [-0.39, 0.29) is 29.8 Å². The van der Waals surface area contributed by atoms with Gasteiger partial charge in [0.15, 0.2) is 0 Å². The number of ether oxygens (including phenoxy) is 2. The van der Waals surface area contributed by atoms with Crippen LogP contribution in [0.2, 0.25) is 0 Å². The first-order valence-corrected chi connectivity index (χ1v) is 11.3. The summed E-state index contributed by atoms with van der Waals surface area (Å²) in [5, 5.41) is 0. The zero-order chi connectivity index (χ0) is 20.2. The highest BCUT2D eigenvalue weighted by atomic mass is 16.5. The highest BCUT2D eigenvalue weighted by Gasteiger charge is 2.67. The van der Waals surface area contributed by atoms with Crippen molar-refractivity contribution < 1.29 is 19.1 Å². The van der Waals surface area contributed by atoms with Gasteiger partial charge in [0.25, 0.3) is 0 Å². The van der Waals surface area contributed by atoms with Gasteiger partial charge in [0.2, 0.25) is 11.8 Å². The third-order valence-electron chi connectivity index (χ3n) is 7.83. The number of rotatable bonds is 6. The molecule has 4 saturated heterocycles. The molecule has 0 aromatic heterocycles. The Morgan fingerprint density at radius 1 is 1.24 bits per heavy atom. The Morgan fingerprint density at radius 3 is 2.66 bits per heavy atom. The van der Waals surface area contributed by atoms with Gasteiger partial charge in [0, 0.05) is 38.8 Å². The van der Waals surface area contributed by atoms with Crippen molar-refractivity contribution in [1.82, 2.24) is 14.7 Å². The van der Waals surface area contributed by atoms with E-state index in [2.05, 4.69) is 24.8 Å². The molecule has 4 fully saturated rings. The zero-order valence-corrected chi connectivity index (χ0v) is 17.6. The van der Waals surface area contributed by atoms with E-state index in [1.54, 1.807) is 0 Å². The molecular formula is C22H33N3O4. The Bertz CT molecular complexity index is 696. The third-order valence-corrected chi connectivity index (χ3v) is 7.83. The minimum atomic E-state index is -0.581. The number of nitrogens with zero attached hydrogens (tertiary/aromatic N) is 3. The predicted molar refractivity (Wildman–Crippen MR) is 107 cm³/mol. The lowest BCUT2D eigenvalue weighted by Crippen LogP contribution is -2.64. The second-order valence-electron chi connectivity index (χ2n) is 9.35. The van der Waals surface area contributed by atoms with Crippen LogP contribution in [0, 0.1) is 17.8 Å². The standard InChI is InChI=1S/C22H33N3O4/c1-3-15(4-2)11-25-14-22-6-5-17(29-22)18(19(22)21(25)27)20(26)24-12-16(13-24)23-7-9-28-10-8-23/h5-6,15-19H,3-4,7-14H2,1-2H3/t17-,18?,19?,22-/m0/s1. The van der Waals surface area contributed by atoms with Gasteiger partial charge in [0.1, 0.15) is 5.60 Å². The first kappa shape index (κ1) is 19.5. The maximum Gasteiger partial charge on any atom is 0.230 e. The number of fused-ring (bicyclic) bond motifs is 1. The molecule has 0 aliphatic carbocycles. The molecule has 160 valence electrons. The lowest BCUT2D eigenvalue weighted by Gasteiger charge is -2.47. The molecule has 4 atom stereocenters. The smallest absolute Gasteiger partial charge is 0.230 e. The van der Waals surface area contributed by atoms with Gasteiger partial charge < -0.3 is 19.3 Å². The van der Waals surface area contributed by atoms with Crippen LogP contribution >= 0.6 is 0 Å². The molecule has 5 aliphatic rings. The molecule has 5 aliphatic heterocycles. The van der Waals surface area contributed by atoms with E-state index >= 15 is 0 Å². The van der Waals surface area contributed by atoms with Gasteiger partial charge in [-0.15, -0.1) is 0 Å². The molecule has 2 amide bonds. The first-order chi connectivity index (χ1) is 14.1. The Balaban J connectivity index is 1.26. The second-order valence-corrected chi connectivity index (χ2v) is 9.35. The SMILES string of the molecule is CCC(CC)CN1C[C@]23C=C[C@H](O2)C(C(=O)N2CC(N4CCOCC4)C2)C3C1=O. The number of carbonyl (C=O) groups is 2. The molecule has 0 radical (unpaired) electrons. The zero-order valence-electron chi connectivity index (χ0n) is 17.6. The third kappa shape index (κ3) is 3.04. The van der Waals surface area contributed by atoms with Crippen LogP contribution in [0.25, 0.3) is 0 Å². The molecule has 29 heavy (non-hydrogen) atoms. The summed E-state index contributed by atoms with van der Waals surface area (Å²) in [4.78, 5) is 33.0. The van der Waals surface area contributed by atoms with Crippen molar-refractivity contribution in [3.63, 3.8) is 0 Å². The minimum absolute atomic E-state index is 0.105. The Hall–Kier alpha value is -1.44. The summed E-state index contributed by atoms with van der Waals surface area (Å²) >= 11 is 0. The number of amides is 2. The molecule has 7 heteroatoms. The van der Waals surface area contributed by atoms with E-state index < -0.39 is 5.60 Å². The van der Waals surface area contributed by atoms with E-state index in [0.29, 0.717) is 18.5 Å². The monoisotopic (exact) mass is 403 g/mol. The summed E-state index contributed by atoms with van der Waals surface area (Å²) in [7, 11) is 0. The fraction of sp³-hybridized carbons (Fsp3) is 0.818. The van der Waals surface area contributed by atoms with Crippen molar-refractivity contribution in [2.75, 3.05) is 52.5 Å². The molecule has 0 aromatic carbocycles. The first-order valence-electron chi connectivity index (χ1n) is 11.3. The van der Waals surface area contributed by atoms with Crippen LogP contribution in [0.15, 0.2) is 12.2 Å². The van der Waals surface area contributed by atoms with Crippen molar-refractivity contribution in [2.24, 2.45) is 17.8 Å². The lowest BCUT2D eigenvalue weighted by atomic mass is 9.76. The predicted octanol–water partition coefficient (Wildman–Crippen LogP) is 0.748. The summed E-state index contributed by atoms with van der Waals surface area (Å²) in [5.41, 5.74) is -0.581. The van der Waals surface area contributed by atoms with E-state index in [9.17, 15) is 9.59 Å². The fourth-order valence-electron chi connectivity index (χ4n) is 5.89. The fourth-order valence-corrected chi connectivity index (χ4v) is 5.89. The Kier molecular flexibility index (Phi) is 4.95. The van der Waals surface area contributed by atoms with E-state index in [0.717, 1.165) is 58.8 Å². The number of morpholine rings is 1. The summed E-state index contributed by atoms with van der Waals surface area (Å²) in [6, 6.07) is 0.428. The summed E-state index contributed by atoms with van der Waals surface area (Å²) in [5.74, 6) is 0.0293. The van der Waals surface area contributed by atoms with Crippen LogP contribution in [0.5, 0.6) is 0 Å². The highest BCUT2D eigenvalue weighted by Crippen LogP contribution is 2.52. The molecular weight excluding hydrogens is 370 g/mol. The quantitative estimate of drug-likeness (QED) is 0.613. The molecule has 2 bridgehead atoms. The molecule has 1 spiro atoms. The molecule has 5 heterocycles. The Morgan fingerprint density at radius 2 is 1.97 bits per heavy atom. The van der Waals surface area contributed by atoms with Crippen molar-refractivity contribution >= 4 is 11.8 Å². The van der Waals surface area contributed by atoms with Gasteiger partial charge in [0.05, 0.1) is 37.7 Å². The van der Waals surface area contributed by atoms with Crippen LogP contribution in [0.4, 0.5) is 0 Å². The second kappa shape index (κ2) is 7.36. The van der Waals surface area contributed by atoms with Crippen molar-refractivity contribution in [2.45, 2.75) is 44.4 Å². The van der Waals surface area contributed by atoms with Crippen LogP contribution in [-0.2, 0) is 19.1 Å². The average molecular weight is 404 g/mol. The van der Waals surface area contributed by atoms with Crippen LogP contribution < -0.4 is 0 Å². The van der Waals surface area contributed by atoms with Crippen molar-refractivity contribution in [3.05, 3.63) is 12.2 Å². The maximum absolute atomic E-state index is 13.4. The van der Waals surface area contributed by atoms with Gasteiger partial charge in [-0.3, -0.25) is 14.5 Å². The summed E-state index contributed by atoms with van der Waals surface area (Å²) in [6.45, 7) is 10.7. The summed E-state index contributed by atoms with van der Waals surface area (Å²) < 4.78 is 11.7. The van der Waals surface area contributed by atoms with E-state index in [4.69, 9.17) is 9.47 Å². The molecule has 0 aromatic rings. The van der Waals surface area contributed by atoms with Crippen LogP contribution in [-0.4, -0.2) is 96.7 Å². The normalized spacial score (nSPS) is 36.9. The van der Waals surface area contributed by atoms with Gasteiger partial charge in [-0.2, -0.15) is 0 Å². The van der Waals surface area contributed by atoms with Crippen molar-refractivity contribution in [3.8, 4) is 0 Å². The average Bonchev–Trinajstić information content (AvgIpc) is 3.34. The number of likely N-dealkylation sites (tertiary alicyclic amines) is 2. The molecule has 7 nitrogen and oxygen atoms in total. The van der Waals surface area contributed by atoms with Gasteiger partial charge in [-0.25, -0.2) is 0 Å². The molecule has 0 saturated carbocycles. The maximum atomic E-state index is 13.4. The molecule has 2 unspecified atom stereocenters. The van der Waals surface area contributed by atoms with Gasteiger partial charge >= 0.3 is 0 Å². The van der Waals surface area contributed by atoms with Crippen LogP contribution in [0.3, 0.4) is 0 Å². The molecule has 5 rings (SSSR count). The summed E-state index contributed by atoms with van der Waals surface area (Å²) in [6.07, 6.45) is 5.97. The highest BCUT2D eigenvalue weighted by molar-refractivity contribution is 5.93. The number of hydrogen-bond acceptors (Lipinski definition) is 5. The lowest BCUT2D eigenvalue weighted by molar-refractivity contribution is -0.150.